The van der Waals surface area contributed by atoms with Crippen LogP contribution >= 0.6 is 0 Å². The summed E-state index contributed by atoms with van der Waals surface area (Å²) in [5.74, 6) is 1.17. The smallest absolute Gasteiger partial charge is 0.325 e. The van der Waals surface area contributed by atoms with Crippen molar-refractivity contribution in [3.8, 4) is 5.75 Å². The predicted molar refractivity (Wildman–Crippen MR) is 149 cm³/mol. The molecule has 1 fully saturated rings. The third-order valence-corrected chi connectivity index (χ3v) is 8.10. The molecule has 1 aromatic carbocycles. The van der Waals surface area contributed by atoms with Gasteiger partial charge in [0.15, 0.2) is 5.82 Å². The van der Waals surface area contributed by atoms with Gasteiger partial charge in [0.2, 0.25) is 0 Å². The topological polar surface area (TPSA) is 81.2 Å². The quantitative estimate of drug-likeness (QED) is 0.552. The molecule has 2 aliphatic heterocycles. The van der Waals surface area contributed by atoms with Gasteiger partial charge in [-0.05, 0) is 102 Å². The number of hydrogen-bond donors (Lipinski definition) is 2. The molecule has 0 aliphatic carbocycles. The SMILES string of the molecule is CCNc1cccnc1N1CCN(CC2(C)CCc3c(C)c(C(C(=O)O)N(C)C)c(C)c(C)c3O2)CC1. The third-order valence-electron chi connectivity index (χ3n) is 8.10. The first kappa shape index (κ1) is 27.2. The van der Waals surface area contributed by atoms with Gasteiger partial charge in [-0.1, -0.05) is 0 Å². The molecule has 2 atom stereocenters. The number of nitrogens with zero attached hydrogens (tertiary/aromatic N) is 4. The van der Waals surface area contributed by atoms with Crippen LogP contribution in [0.25, 0.3) is 0 Å². The van der Waals surface area contributed by atoms with E-state index < -0.39 is 12.0 Å². The molecule has 8 nitrogen and oxygen atoms in total. The summed E-state index contributed by atoms with van der Waals surface area (Å²) in [6, 6.07) is 3.41. The Morgan fingerprint density at radius 3 is 2.51 bits per heavy atom. The lowest BCUT2D eigenvalue weighted by molar-refractivity contribution is -0.142. The standard InChI is InChI=1S/C29H43N5O3/c1-8-30-23-10-9-13-31-27(23)34-16-14-33(15-17-34)18-29(5)12-11-22-21(4)24(25(28(35)36)32(6)7)19(2)20(3)26(22)37-29/h9-10,13,25,30H,8,11-12,14-18H2,1-7H3,(H,35,36). The molecule has 0 spiro atoms. The Hall–Kier alpha value is -2.84. The van der Waals surface area contributed by atoms with Crippen LogP contribution in [0.15, 0.2) is 18.3 Å². The summed E-state index contributed by atoms with van der Waals surface area (Å²) >= 11 is 0. The Balaban J connectivity index is 1.49. The number of ether oxygens (including phenoxy) is 1. The van der Waals surface area contributed by atoms with E-state index in [1.807, 2.05) is 33.3 Å². The number of aliphatic carboxylic acids is 1. The lowest BCUT2D eigenvalue weighted by Gasteiger charge is -2.44. The minimum absolute atomic E-state index is 0.284. The van der Waals surface area contributed by atoms with Crippen LogP contribution in [0.3, 0.4) is 0 Å². The summed E-state index contributed by atoms with van der Waals surface area (Å²) in [6.45, 7) is 16.0. The monoisotopic (exact) mass is 509 g/mol. The molecule has 0 radical (unpaired) electrons. The van der Waals surface area contributed by atoms with Gasteiger partial charge in [-0.15, -0.1) is 0 Å². The maximum atomic E-state index is 12.1. The zero-order valence-electron chi connectivity index (χ0n) is 23.5. The van der Waals surface area contributed by atoms with Gasteiger partial charge >= 0.3 is 5.97 Å². The molecule has 4 rings (SSSR count). The Morgan fingerprint density at radius 2 is 1.89 bits per heavy atom. The van der Waals surface area contributed by atoms with Crippen molar-refractivity contribution in [3.63, 3.8) is 0 Å². The predicted octanol–water partition coefficient (Wildman–Crippen LogP) is 4.03. The minimum Gasteiger partial charge on any atom is -0.486 e. The lowest BCUT2D eigenvalue weighted by atomic mass is 9.82. The Morgan fingerprint density at radius 1 is 1.19 bits per heavy atom. The highest BCUT2D eigenvalue weighted by atomic mass is 16.5. The summed E-state index contributed by atoms with van der Waals surface area (Å²) in [6.07, 6.45) is 3.67. The van der Waals surface area contributed by atoms with Crippen LogP contribution in [0.2, 0.25) is 0 Å². The number of piperazine rings is 1. The first-order valence-electron chi connectivity index (χ1n) is 13.4. The van der Waals surface area contributed by atoms with Crippen molar-refractivity contribution in [1.29, 1.82) is 0 Å². The number of aromatic nitrogens is 1. The van der Waals surface area contributed by atoms with Gasteiger partial charge in [-0.2, -0.15) is 0 Å². The Kier molecular flexibility index (Phi) is 7.99. The molecule has 1 saturated heterocycles. The number of carboxylic acids is 1. The molecule has 0 amide bonds. The van der Waals surface area contributed by atoms with Crippen molar-refractivity contribution in [2.75, 3.05) is 63.6 Å². The van der Waals surface area contributed by atoms with E-state index in [1.54, 1.807) is 4.90 Å². The van der Waals surface area contributed by atoms with Gasteiger partial charge < -0.3 is 20.1 Å². The van der Waals surface area contributed by atoms with Crippen molar-refractivity contribution in [2.24, 2.45) is 0 Å². The minimum atomic E-state index is -0.820. The summed E-state index contributed by atoms with van der Waals surface area (Å²) in [5, 5.41) is 13.4. The number of fused-ring (bicyclic) bond motifs is 1. The van der Waals surface area contributed by atoms with Crippen molar-refractivity contribution in [1.82, 2.24) is 14.8 Å². The molecule has 37 heavy (non-hydrogen) atoms. The Bertz CT molecular complexity index is 1140. The summed E-state index contributed by atoms with van der Waals surface area (Å²) in [4.78, 5) is 23.4. The Labute approximate surface area is 221 Å². The molecular weight excluding hydrogens is 466 g/mol. The van der Waals surface area contributed by atoms with Crippen molar-refractivity contribution in [2.45, 2.75) is 59.1 Å². The van der Waals surface area contributed by atoms with Crippen LogP contribution < -0.4 is 15.0 Å². The highest BCUT2D eigenvalue weighted by Gasteiger charge is 2.38. The maximum absolute atomic E-state index is 12.1. The number of anilines is 2. The number of benzene rings is 1. The van der Waals surface area contributed by atoms with Crippen molar-refractivity contribution in [3.05, 3.63) is 46.1 Å². The van der Waals surface area contributed by atoms with E-state index in [4.69, 9.17) is 4.74 Å². The maximum Gasteiger partial charge on any atom is 0.325 e. The van der Waals surface area contributed by atoms with E-state index in [-0.39, 0.29) is 5.60 Å². The van der Waals surface area contributed by atoms with Crippen molar-refractivity contribution < 1.29 is 14.6 Å². The molecule has 0 bridgehead atoms. The normalized spacial score (nSPS) is 20.9. The number of hydrogen-bond acceptors (Lipinski definition) is 7. The molecule has 202 valence electrons. The molecule has 2 N–H and O–H groups in total. The van der Waals surface area contributed by atoms with Crippen LogP contribution in [0.4, 0.5) is 11.5 Å². The van der Waals surface area contributed by atoms with Crippen molar-refractivity contribution >= 4 is 17.5 Å². The number of carboxylic acid groups (broad SMARTS) is 1. The first-order valence-corrected chi connectivity index (χ1v) is 13.4. The van der Waals surface area contributed by atoms with Crippen LogP contribution in [0, 0.1) is 20.8 Å². The van der Waals surface area contributed by atoms with E-state index in [0.29, 0.717) is 0 Å². The summed E-state index contributed by atoms with van der Waals surface area (Å²) < 4.78 is 6.79. The average molecular weight is 510 g/mol. The summed E-state index contributed by atoms with van der Waals surface area (Å²) in [7, 11) is 3.66. The van der Waals surface area contributed by atoms with E-state index in [1.165, 1.54) is 5.56 Å². The number of nitrogens with one attached hydrogen (secondary N) is 1. The second-order valence-electron chi connectivity index (χ2n) is 11.0. The van der Waals surface area contributed by atoms with Gasteiger partial charge in [0.1, 0.15) is 17.4 Å². The highest BCUT2D eigenvalue weighted by molar-refractivity contribution is 5.78. The van der Waals surface area contributed by atoms with Gasteiger partial charge in [0.25, 0.3) is 0 Å². The number of carbonyl (C=O) groups is 1. The van der Waals surface area contributed by atoms with E-state index in [2.05, 4.69) is 53.9 Å². The molecular formula is C29H43N5O3. The third kappa shape index (κ3) is 5.41. The molecule has 2 unspecified atom stereocenters. The fourth-order valence-electron chi connectivity index (χ4n) is 6.03. The number of rotatable bonds is 8. The zero-order valence-corrected chi connectivity index (χ0v) is 23.5. The fraction of sp³-hybridized carbons (Fsp3) is 0.586. The van der Waals surface area contributed by atoms with E-state index in [0.717, 1.165) is 91.6 Å². The number of pyridine rings is 1. The van der Waals surface area contributed by atoms with Gasteiger partial charge in [-0.25, -0.2) is 4.98 Å². The van der Waals surface area contributed by atoms with Gasteiger partial charge in [0, 0.05) is 45.5 Å². The molecule has 1 aromatic heterocycles. The van der Waals surface area contributed by atoms with E-state index in [9.17, 15) is 9.90 Å². The molecule has 3 heterocycles. The molecule has 2 aliphatic rings. The van der Waals surface area contributed by atoms with Crippen LogP contribution in [0.1, 0.15) is 54.1 Å². The van der Waals surface area contributed by atoms with E-state index >= 15 is 0 Å². The van der Waals surface area contributed by atoms with Gasteiger partial charge in [-0.3, -0.25) is 14.6 Å². The molecule has 0 saturated carbocycles. The fourth-order valence-corrected chi connectivity index (χ4v) is 6.03. The van der Waals surface area contributed by atoms with Crippen LogP contribution in [-0.2, 0) is 11.2 Å². The molecule has 8 heteroatoms. The highest BCUT2D eigenvalue weighted by Crippen LogP contribution is 2.43. The van der Waals surface area contributed by atoms with Crippen LogP contribution in [0.5, 0.6) is 5.75 Å². The largest absolute Gasteiger partial charge is 0.486 e. The van der Waals surface area contributed by atoms with Crippen LogP contribution in [-0.4, -0.2) is 84.8 Å². The second-order valence-corrected chi connectivity index (χ2v) is 11.0. The zero-order chi connectivity index (χ0) is 26.9. The number of likely N-dealkylation sites (N-methyl/N-ethyl adjacent to an activating group) is 1. The lowest BCUT2D eigenvalue weighted by Crippen LogP contribution is -2.54. The molecule has 2 aromatic rings. The average Bonchev–Trinajstić information content (AvgIpc) is 2.85. The second kappa shape index (κ2) is 10.9. The first-order chi connectivity index (χ1) is 17.6. The summed E-state index contributed by atoms with van der Waals surface area (Å²) in [5.41, 5.74) is 6.02. The van der Waals surface area contributed by atoms with Gasteiger partial charge in [0.05, 0.1) is 5.69 Å².